The molecule has 6 heteroatoms. The van der Waals surface area contributed by atoms with Gasteiger partial charge >= 0.3 is 0 Å². The highest BCUT2D eigenvalue weighted by Crippen LogP contribution is 2.39. The van der Waals surface area contributed by atoms with Crippen LogP contribution in [-0.2, 0) is 0 Å². The molecule has 5 nitrogen and oxygen atoms in total. The Balaban J connectivity index is 1.58. The third-order valence-electron chi connectivity index (χ3n) is 3.92. The number of piperazine rings is 1. The Morgan fingerprint density at radius 1 is 1.33 bits per heavy atom. The van der Waals surface area contributed by atoms with Gasteiger partial charge in [-0.2, -0.15) is 4.37 Å². The van der Waals surface area contributed by atoms with Crippen molar-refractivity contribution in [3.05, 3.63) is 5.82 Å². The zero-order valence-corrected chi connectivity index (χ0v) is 11.7. The van der Waals surface area contributed by atoms with Crippen molar-refractivity contribution in [3.8, 4) is 0 Å². The lowest BCUT2D eigenvalue weighted by Crippen LogP contribution is -2.51. The molecule has 1 atom stereocenters. The zero-order valence-electron chi connectivity index (χ0n) is 10.9. The second kappa shape index (κ2) is 5.11. The van der Waals surface area contributed by atoms with Crippen molar-refractivity contribution in [1.29, 1.82) is 0 Å². The molecule has 0 spiro atoms. The lowest BCUT2D eigenvalue weighted by molar-refractivity contribution is 0.201. The van der Waals surface area contributed by atoms with Gasteiger partial charge in [0.2, 0.25) is 5.13 Å². The molecule has 2 heterocycles. The Labute approximate surface area is 112 Å². The minimum absolute atomic E-state index is 0.489. The molecule has 2 N–H and O–H groups in total. The average molecular weight is 267 g/mol. The largest absolute Gasteiger partial charge is 0.344 e. The molecule has 0 bridgehead atoms. The van der Waals surface area contributed by atoms with E-state index in [0.29, 0.717) is 12.0 Å². The first-order valence-electron chi connectivity index (χ1n) is 6.80. The van der Waals surface area contributed by atoms with Crippen molar-refractivity contribution in [2.24, 2.45) is 5.73 Å². The summed E-state index contributed by atoms with van der Waals surface area (Å²) in [5.74, 6) is 1.74. The van der Waals surface area contributed by atoms with Crippen LogP contribution >= 0.6 is 11.5 Å². The Morgan fingerprint density at radius 3 is 2.67 bits per heavy atom. The van der Waals surface area contributed by atoms with Crippen LogP contribution in [-0.4, -0.2) is 53.0 Å². The molecule has 1 aromatic rings. The van der Waals surface area contributed by atoms with E-state index in [0.717, 1.165) is 43.7 Å². The molecule has 2 fully saturated rings. The van der Waals surface area contributed by atoms with Gasteiger partial charge in [-0.15, -0.1) is 0 Å². The Hall–Kier alpha value is -0.720. The first kappa shape index (κ1) is 12.3. The van der Waals surface area contributed by atoms with Crippen LogP contribution in [0, 0.1) is 0 Å². The summed E-state index contributed by atoms with van der Waals surface area (Å²) in [6.45, 7) is 7.19. The van der Waals surface area contributed by atoms with Gasteiger partial charge in [0.05, 0.1) is 0 Å². The SMILES string of the molecule is CC(CN)N1CCN(c2nc(C3CC3)ns2)CC1. The quantitative estimate of drug-likeness (QED) is 0.878. The zero-order chi connectivity index (χ0) is 12.5. The molecule has 3 rings (SSSR count). The molecule has 1 saturated heterocycles. The summed E-state index contributed by atoms with van der Waals surface area (Å²) in [6, 6.07) is 0.489. The van der Waals surface area contributed by atoms with Crippen LogP contribution in [0.2, 0.25) is 0 Å². The van der Waals surface area contributed by atoms with Crippen LogP contribution in [0.1, 0.15) is 31.5 Å². The Bertz CT molecular complexity index is 395. The summed E-state index contributed by atoms with van der Waals surface area (Å²) >= 11 is 1.56. The fourth-order valence-electron chi connectivity index (χ4n) is 2.37. The van der Waals surface area contributed by atoms with Gasteiger partial charge in [0, 0.05) is 56.2 Å². The highest BCUT2D eigenvalue weighted by Gasteiger charge is 2.29. The number of anilines is 1. The molecule has 18 heavy (non-hydrogen) atoms. The fraction of sp³-hybridized carbons (Fsp3) is 0.833. The first-order valence-corrected chi connectivity index (χ1v) is 7.58. The van der Waals surface area contributed by atoms with Gasteiger partial charge in [-0.25, -0.2) is 4.98 Å². The van der Waals surface area contributed by atoms with Gasteiger partial charge in [-0.3, -0.25) is 4.90 Å². The maximum absolute atomic E-state index is 5.72. The highest BCUT2D eigenvalue weighted by atomic mass is 32.1. The summed E-state index contributed by atoms with van der Waals surface area (Å²) in [5, 5.41) is 1.11. The van der Waals surface area contributed by atoms with Gasteiger partial charge in [0.1, 0.15) is 5.82 Å². The first-order chi connectivity index (χ1) is 8.78. The fourth-order valence-corrected chi connectivity index (χ4v) is 3.16. The van der Waals surface area contributed by atoms with E-state index in [4.69, 9.17) is 5.73 Å². The van der Waals surface area contributed by atoms with Crippen molar-refractivity contribution in [2.75, 3.05) is 37.6 Å². The standard InChI is InChI=1S/C12H21N5S/c1-9(8-13)16-4-6-17(7-5-16)12-14-11(15-18-12)10-2-3-10/h9-10H,2-8,13H2,1H3. The Morgan fingerprint density at radius 2 is 2.06 bits per heavy atom. The monoisotopic (exact) mass is 267 g/mol. The van der Waals surface area contributed by atoms with Gasteiger partial charge < -0.3 is 10.6 Å². The van der Waals surface area contributed by atoms with Crippen molar-refractivity contribution in [3.63, 3.8) is 0 Å². The summed E-state index contributed by atoms with van der Waals surface area (Å²) in [4.78, 5) is 9.50. The molecular weight excluding hydrogens is 246 g/mol. The van der Waals surface area contributed by atoms with Crippen LogP contribution < -0.4 is 10.6 Å². The number of nitrogens with zero attached hydrogens (tertiary/aromatic N) is 4. The van der Waals surface area contributed by atoms with Crippen molar-refractivity contribution in [1.82, 2.24) is 14.3 Å². The molecule has 1 aliphatic heterocycles. The van der Waals surface area contributed by atoms with E-state index in [9.17, 15) is 0 Å². The minimum atomic E-state index is 0.489. The molecule has 0 amide bonds. The van der Waals surface area contributed by atoms with Crippen molar-refractivity contribution in [2.45, 2.75) is 31.7 Å². The van der Waals surface area contributed by atoms with E-state index in [1.165, 1.54) is 12.8 Å². The predicted octanol–water partition coefficient (Wildman–Crippen LogP) is 0.885. The summed E-state index contributed by atoms with van der Waals surface area (Å²) in [5.41, 5.74) is 5.72. The highest BCUT2D eigenvalue weighted by molar-refractivity contribution is 7.09. The number of hydrogen-bond acceptors (Lipinski definition) is 6. The van der Waals surface area contributed by atoms with Crippen LogP contribution in [0.3, 0.4) is 0 Å². The van der Waals surface area contributed by atoms with Gasteiger partial charge in [-0.1, -0.05) is 0 Å². The molecular formula is C12H21N5S. The second-order valence-corrected chi connectivity index (χ2v) is 6.05. The molecule has 1 aromatic heterocycles. The lowest BCUT2D eigenvalue weighted by Gasteiger charge is -2.37. The third-order valence-corrected chi connectivity index (χ3v) is 4.71. The maximum Gasteiger partial charge on any atom is 0.205 e. The van der Waals surface area contributed by atoms with Crippen molar-refractivity contribution < 1.29 is 0 Å². The molecule has 0 radical (unpaired) electrons. The average Bonchev–Trinajstić information content (AvgIpc) is 3.16. The number of nitrogens with two attached hydrogens (primary N) is 1. The van der Waals surface area contributed by atoms with E-state index in [-0.39, 0.29) is 0 Å². The molecule has 2 aliphatic rings. The van der Waals surface area contributed by atoms with E-state index >= 15 is 0 Å². The molecule has 1 unspecified atom stereocenters. The summed E-state index contributed by atoms with van der Waals surface area (Å²) in [6.07, 6.45) is 2.55. The summed E-state index contributed by atoms with van der Waals surface area (Å²) in [7, 11) is 0. The van der Waals surface area contributed by atoms with E-state index in [1.54, 1.807) is 11.5 Å². The second-order valence-electron chi connectivity index (χ2n) is 5.32. The molecule has 1 aliphatic carbocycles. The van der Waals surface area contributed by atoms with Crippen molar-refractivity contribution >= 4 is 16.7 Å². The minimum Gasteiger partial charge on any atom is -0.344 e. The van der Waals surface area contributed by atoms with Crippen LogP contribution in [0.5, 0.6) is 0 Å². The van der Waals surface area contributed by atoms with Gasteiger partial charge in [-0.05, 0) is 19.8 Å². The smallest absolute Gasteiger partial charge is 0.205 e. The predicted molar refractivity (Wildman–Crippen MR) is 74.2 cm³/mol. The molecule has 0 aromatic carbocycles. The van der Waals surface area contributed by atoms with Gasteiger partial charge in [0.15, 0.2) is 0 Å². The van der Waals surface area contributed by atoms with Crippen LogP contribution in [0.25, 0.3) is 0 Å². The maximum atomic E-state index is 5.72. The number of rotatable bonds is 4. The van der Waals surface area contributed by atoms with E-state index in [1.807, 2.05) is 0 Å². The van der Waals surface area contributed by atoms with E-state index < -0.39 is 0 Å². The Kier molecular flexibility index (Phi) is 3.50. The topological polar surface area (TPSA) is 58.3 Å². The molecule has 100 valence electrons. The third kappa shape index (κ3) is 2.50. The summed E-state index contributed by atoms with van der Waals surface area (Å²) < 4.78 is 4.48. The van der Waals surface area contributed by atoms with E-state index in [2.05, 4.69) is 26.1 Å². The number of aromatic nitrogens is 2. The lowest BCUT2D eigenvalue weighted by atomic mass is 10.2. The molecule has 1 saturated carbocycles. The number of hydrogen-bond donors (Lipinski definition) is 1. The van der Waals surface area contributed by atoms with Crippen LogP contribution in [0.4, 0.5) is 5.13 Å². The normalized spacial score (nSPS) is 23.3. The van der Waals surface area contributed by atoms with Crippen LogP contribution in [0.15, 0.2) is 0 Å². The van der Waals surface area contributed by atoms with Gasteiger partial charge in [0.25, 0.3) is 0 Å².